The Bertz CT molecular complexity index is 313. The third-order valence-corrected chi connectivity index (χ3v) is 3.70. The van der Waals surface area contributed by atoms with Gasteiger partial charge in [-0.1, -0.05) is 58.0 Å². The molecular formula is C16H27NO. The number of benzene rings is 1. The first-order valence-corrected chi connectivity index (χ1v) is 6.95. The average molecular weight is 249 g/mol. The number of aliphatic hydroxyl groups excluding tert-OH is 1. The highest BCUT2D eigenvalue weighted by Crippen LogP contribution is 2.21. The first-order valence-electron chi connectivity index (χ1n) is 6.95. The van der Waals surface area contributed by atoms with Crippen molar-refractivity contribution in [2.24, 2.45) is 17.8 Å². The number of hydrogen-bond acceptors (Lipinski definition) is 2. The van der Waals surface area contributed by atoms with Crippen LogP contribution in [-0.4, -0.2) is 18.3 Å². The molecule has 0 fully saturated rings. The zero-order chi connectivity index (χ0) is 13.5. The van der Waals surface area contributed by atoms with E-state index in [4.69, 9.17) is 0 Å². The molecule has 1 atom stereocenters. The summed E-state index contributed by atoms with van der Waals surface area (Å²) < 4.78 is 0. The van der Waals surface area contributed by atoms with Crippen molar-refractivity contribution in [1.29, 1.82) is 0 Å². The number of rotatable bonds is 7. The van der Waals surface area contributed by atoms with Crippen LogP contribution in [0.3, 0.4) is 0 Å². The first-order chi connectivity index (χ1) is 8.56. The topological polar surface area (TPSA) is 32.3 Å². The molecule has 1 aromatic rings. The third-order valence-electron chi connectivity index (χ3n) is 3.70. The second kappa shape index (κ2) is 7.55. The van der Waals surface area contributed by atoms with E-state index in [-0.39, 0.29) is 12.6 Å². The van der Waals surface area contributed by atoms with Crippen molar-refractivity contribution in [3.8, 4) is 0 Å². The van der Waals surface area contributed by atoms with Crippen molar-refractivity contribution < 1.29 is 5.11 Å². The van der Waals surface area contributed by atoms with Gasteiger partial charge in [-0.15, -0.1) is 0 Å². The molecule has 2 N–H and O–H groups in total. The van der Waals surface area contributed by atoms with Crippen LogP contribution >= 0.6 is 0 Å². The van der Waals surface area contributed by atoms with Gasteiger partial charge in [0.1, 0.15) is 0 Å². The molecule has 0 saturated carbocycles. The van der Waals surface area contributed by atoms with E-state index in [0.717, 1.165) is 12.1 Å². The fourth-order valence-corrected chi connectivity index (χ4v) is 2.49. The maximum Gasteiger partial charge on any atom is 0.0626 e. The van der Waals surface area contributed by atoms with Crippen molar-refractivity contribution in [3.05, 3.63) is 35.9 Å². The Balaban J connectivity index is 2.59. The molecule has 102 valence electrons. The van der Waals surface area contributed by atoms with E-state index in [1.807, 2.05) is 18.2 Å². The minimum Gasteiger partial charge on any atom is -0.394 e. The second-order valence-corrected chi connectivity index (χ2v) is 5.71. The molecule has 0 amide bonds. The molecule has 0 aliphatic heterocycles. The van der Waals surface area contributed by atoms with Crippen molar-refractivity contribution in [1.82, 2.24) is 5.32 Å². The SMILES string of the molecule is CC(C)C(CNC(CO)c1ccccc1)C(C)C. The van der Waals surface area contributed by atoms with Crippen molar-refractivity contribution in [2.75, 3.05) is 13.2 Å². The maximum atomic E-state index is 9.51. The smallest absolute Gasteiger partial charge is 0.0626 e. The minimum atomic E-state index is 0.0474. The lowest BCUT2D eigenvalue weighted by Crippen LogP contribution is -2.33. The van der Waals surface area contributed by atoms with Crippen LogP contribution in [0.5, 0.6) is 0 Å². The van der Waals surface area contributed by atoms with E-state index < -0.39 is 0 Å². The molecule has 2 heteroatoms. The van der Waals surface area contributed by atoms with E-state index in [2.05, 4.69) is 45.1 Å². The molecule has 0 radical (unpaired) electrons. The van der Waals surface area contributed by atoms with E-state index in [1.165, 1.54) is 0 Å². The lowest BCUT2D eigenvalue weighted by Gasteiger charge is -2.27. The van der Waals surface area contributed by atoms with Crippen LogP contribution in [0.15, 0.2) is 30.3 Å². The molecule has 18 heavy (non-hydrogen) atoms. The molecule has 0 aromatic heterocycles. The molecule has 1 aromatic carbocycles. The van der Waals surface area contributed by atoms with Gasteiger partial charge in [-0.3, -0.25) is 0 Å². The Morgan fingerprint density at radius 3 is 2.00 bits per heavy atom. The number of nitrogens with one attached hydrogen (secondary N) is 1. The summed E-state index contributed by atoms with van der Waals surface area (Å²) in [6, 6.07) is 10.2. The molecule has 0 aliphatic carbocycles. The molecule has 0 bridgehead atoms. The Morgan fingerprint density at radius 2 is 1.56 bits per heavy atom. The van der Waals surface area contributed by atoms with Crippen molar-refractivity contribution >= 4 is 0 Å². The minimum absolute atomic E-state index is 0.0474. The zero-order valence-corrected chi connectivity index (χ0v) is 12.1. The average Bonchev–Trinajstić information content (AvgIpc) is 2.34. The van der Waals surface area contributed by atoms with Gasteiger partial charge >= 0.3 is 0 Å². The fourth-order valence-electron chi connectivity index (χ4n) is 2.49. The summed E-state index contributed by atoms with van der Waals surface area (Å²) in [6.07, 6.45) is 0. The van der Waals surface area contributed by atoms with E-state index in [0.29, 0.717) is 17.8 Å². The standard InChI is InChI=1S/C16H27NO/c1-12(2)15(13(3)4)10-17-16(11-18)14-8-6-5-7-9-14/h5-9,12-13,15-18H,10-11H2,1-4H3. The van der Waals surface area contributed by atoms with Crippen LogP contribution in [0.4, 0.5) is 0 Å². The summed E-state index contributed by atoms with van der Waals surface area (Å²) in [7, 11) is 0. The van der Waals surface area contributed by atoms with Crippen LogP contribution < -0.4 is 5.32 Å². The molecular weight excluding hydrogens is 222 g/mol. The lowest BCUT2D eigenvalue weighted by atomic mass is 9.85. The zero-order valence-electron chi connectivity index (χ0n) is 12.1. The van der Waals surface area contributed by atoms with E-state index >= 15 is 0 Å². The van der Waals surface area contributed by atoms with Crippen molar-refractivity contribution in [3.63, 3.8) is 0 Å². The summed E-state index contributed by atoms with van der Waals surface area (Å²) in [4.78, 5) is 0. The van der Waals surface area contributed by atoms with Crippen molar-refractivity contribution in [2.45, 2.75) is 33.7 Å². The highest BCUT2D eigenvalue weighted by atomic mass is 16.3. The highest BCUT2D eigenvalue weighted by Gasteiger charge is 2.19. The van der Waals surface area contributed by atoms with Gasteiger partial charge in [0.2, 0.25) is 0 Å². The van der Waals surface area contributed by atoms with Gasteiger partial charge in [-0.2, -0.15) is 0 Å². The van der Waals surface area contributed by atoms with E-state index in [9.17, 15) is 5.11 Å². The summed E-state index contributed by atoms with van der Waals surface area (Å²) in [5.41, 5.74) is 1.16. The molecule has 0 aliphatic rings. The van der Waals surface area contributed by atoms with Crippen LogP contribution in [0.1, 0.15) is 39.3 Å². The quantitative estimate of drug-likeness (QED) is 0.777. The Kier molecular flexibility index (Phi) is 6.37. The summed E-state index contributed by atoms with van der Waals surface area (Å²) in [5, 5.41) is 13.0. The van der Waals surface area contributed by atoms with Gasteiger partial charge in [-0.05, 0) is 29.9 Å². The van der Waals surface area contributed by atoms with Crippen LogP contribution in [0, 0.1) is 17.8 Å². The van der Waals surface area contributed by atoms with Gasteiger partial charge in [-0.25, -0.2) is 0 Å². The molecule has 1 rings (SSSR count). The number of hydrogen-bond donors (Lipinski definition) is 2. The van der Waals surface area contributed by atoms with Gasteiger partial charge < -0.3 is 10.4 Å². The highest BCUT2D eigenvalue weighted by molar-refractivity contribution is 5.18. The molecule has 2 nitrogen and oxygen atoms in total. The second-order valence-electron chi connectivity index (χ2n) is 5.71. The summed E-state index contributed by atoms with van der Waals surface area (Å²) in [6.45, 7) is 10.2. The predicted molar refractivity (Wildman–Crippen MR) is 77.4 cm³/mol. The van der Waals surface area contributed by atoms with Crippen LogP contribution in [-0.2, 0) is 0 Å². The predicted octanol–water partition coefficient (Wildman–Crippen LogP) is 3.24. The summed E-state index contributed by atoms with van der Waals surface area (Å²) >= 11 is 0. The maximum absolute atomic E-state index is 9.51. The van der Waals surface area contributed by atoms with E-state index in [1.54, 1.807) is 0 Å². The van der Waals surface area contributed by atoms with Crippen LogP contribution in [0.2, 0.25) is 0 Å². The third kappa shape index (κ3) is 4.43. The molecule has 0 saturated heterocycles. The van der Waals surface area contributed by atoms with Gasteiger partial charge in [0.05, 0.1) is 12.6 Å². The Hall–Kier alpha value is -0.860. The van der Waals surface area contributed by atoms with Gasteiger partial charge in [0, 0.05) is 0 Å². The van der Waals surface area contributed by atoms with Gasteiger partial charge in [0.25, 0.3) is 0 Å². The molecule has 1 unspecified atom stereocenters. The molecule has 0 spiro atoms. The summed E-state index contributed by atoms with van der Waals surface area (Å²) in [5.74, 6) is 1.96. The largest absolute Gasteiger partial charge is 0.394 e. The first kappa shape index (κ1) is 15.2. The van der Waals surface area contributed by atoms with Gasteiger partial charge in [0.15, 0.2) is 0 Å². The Labute approximate surface area is 111 Å². The Morgan fingerprint density at radius 1 is 1.00 bits per heavy atom. The fraction of sp³-hybridized carbons (Fsp3) is 0.625. The lowest BCUT2D eigenvalue weighted by molar-refractivity contribution is 0.215. The molecule has 0 heterocycles. The van der Waals surface area contributed by atoms with Crippen LogP contribution in [0.25, 0.3) is 0 Å². The monoisotopic (exact) mass is 249 g/mol. The number of aliphatic hydroxyl groups is 1. The normalized spacial score (nSPS) is 13.6.